The molecule has 1 heterocycles. The average molecular weight is 419 g/mol. The minimum atomic E-state index is -0.224. The maximum Gasteiger partial charge on any atom is 0.252 e. The summed E-state index contributed by atoms with van der Waals surface area (Å²) in [6.07, 6.45) is 3.59. The summed E-state index contributed by atoms with van der Waals surface area (Å²) in [7, 11) is 0. The van der Waals surface area contributed by atoms with E-state index in [4.69, 9.17) is 0 Å². The van der Waals surface area contributed by atoms with Crippen LogP contribution >= 0.6 is 0 Å². The van der Waals surface area contributed by atoms with E-state index >= 15 is 0 Å². The van der Waals surface area contributed by atoms with Gasteiger partial charge >= 0.3 is 0 Å². The summed E-state index contributed by atoms with van der Waals surface area (Å²) in [5, 5.41) is 29.8. The fraction of sp³-hybridized carbons (Fsp3) is 0.364. The molecule has 160 valence electrons. The number of nitrogens with one attached hydrogen (secondary N) is 1. The Hall–Kier alpha value is -3.98. The zero-order valence-electron chi connectivity index (χ0n) is 18.1. The number of anilines is 2. The van der Waals surface area contributed by atoms with Gasteiger partial charge in [-0.2, -0.15) is 15.5 Å². The second kappa shape index (κ2) is 11.3. The van der Waals surface area contributed by atoms with Gasteiger partial charge in [-0.05, 0) is 31.0 Å². The number of carbonyl (C=O) groups excluding carboxylic acids is 1. The van der Waals surface area contributed by atoms with E-state index in [9.17, 15) is 15.3 Å². The predicted molar refractivity (Wildman–Crippen MR) is 120 cm³/mol. The molecule has 2 aromatic rings. The minimum Gasteiger partial charge on any atom is -0.371 e. The Kier molecular flexibility index (Phi) is 8.47. The van der Waals surface area contributed by atoms with Crippen molar-refractivity contribution in [2.75, 3.05) is 23.3 Å². The van der Waals surface area contributed by atoms with Crippen LogP contribution in [0.3, 0.4) is 0 Å². The summed E-state index contributed by atoms with van der Waals surface area (Å²) in [6, 6.07) is 9.44. The van der Waals surface area contributed by atoms with Crippen LogP contribution < -0.4 is 10.2 Å². The highest BCUT2D eigenvalue weighted by Gasteiger charge is 2.16. The molecule has 0 spiro atoms. The lowest BCUT2D eigenvalue weighted by Gasteiger charge is -2.24. The van der Waals surface area contributed by atoms with Crippen LogP contribution in [0.15, 0.2) is 41.1 Å². The molecule has 9 nitrogen and oxygen atoms in total. The monoisotopic (exact) mass is 418 g/mol. The van der Waals surface area contributed by atoms with Crippen molar-refractivity contribution in [1.29, 1.82) is 10.5 Å². The third-order valence-corrected chi connectivity index (χ3v) is 4.36. The van der Waals surface area contributed by atoms with Crippen LogP contribution in [0, 0.1) is 22.7 Å². The third-order valence-electron chi connectivity index (χ3n) is 4.36. The molecule has 9 heteroatoms. The molecule has 2 rings (SSSR count). The number of nitrogens with zero attached hydrogens (tertiary/aromatic N) is 7. The standard InChI is InChI=1S/C22H26N8O/c1-5-10-29(11-6-2)17-8-9-18(19(13-17)25-16(4)31)27-28-22-26-20(14-23)21(15-24)30(22)12-7-3/h7-9,13H,3,5-6,10-12H2,1-2,4H3,(H,25,31). The maximum absolute atomic E-state index is 11.7. The number of azo groups is 1. The number of aromatic nitrogens is 2. The first-order chi connectivity index (χ1) is 15.0. The number of rotatable bonds is 10. The molecule has 0 radical (unpaired) electrons. The van der Waals surface area contributed by atoms with Gasteiger partial charge < -0.3 is 10.2 Å². The van der Waals surface area contributed by atoms with Crippen molar-refractivity contribution >= 4 is 28.9 Å². The first-order valence-corrected chi connectivity index (χ1v) is 10.1. The van der Waals surface area contributed by atoms with Gasteiger partial charge in [-0.1, -0.05) is 19.9 Å². The summed E-state index contributed by atoms with van der Waals surface area (Å²) in [5.74, 6) is -0.109. The lowest BCUT2D eigenvalue weighted by Crippen LogP contribution is -2.24. The van der Waals surface area contributed by atoms with Gasteiger partial charge in [0, 0.05) is 32.2 Å². The van der Waals surface area contributed by atoms with E-state index in [2.05, 4.69) is 45.9 Å². The van der Waals surface area contributed by atoms with Crippen LogP contribution in [-0.2, 0) is 11.3 Å². The molecule has 31 heavy (non-hydrogen) atoms. The quantitative estimate of drug-likeness (QED) is 0.438. The van der Waals surface area contributed by atoms with E-state index in [1.807, 2.05) is 24.3 Å². The van der Waals surface area contributed by atoms with E-state index in [0.29, 0.717) is 11.4 Å². The number of nitriles is 2. The normalized spacial score (nSPS) is 10.5. The lowest BCUT2D eigenvalue weighted by atomic mass is 10.2. The summed E-state index contributed by atoms with van der Waals surface area (Å²) < 4.78 is 1.46. The Morgan fingerprint density at radius 1 is 1.26 bits per heavy atom. The second-order valence-corrected chi connectivity index (χ2v) is 6.80. The molecule has 1 aromatic carbocycles. The lowest BCUT2D eigenvalue weighted by molar-refractivity contribution is -0.114. The molecule has 0 aliphatic rings. The van der Waals surface area contributed by atoms with Crippen LogP contribution in [0.2, 0.25) is 0 Å². The molecule has 1 amide bonds. The number of carbonyl (C=O) groups is 1. The number of hydrogen-bond acceptors (Lipinski definition) is 7. The van der Waals surface area contributed by atoms with Gasteiger partial charge in [0.2, 0.25) is 5.91 Å². The molecular weight excluding hydrogens is 392 g/mol. The highest BCUT2D eigenvalue weighted by molar-refractivity contribution is 5.93. The van der Waals surface area contributed by atoms with E-state index < -0.39 is 0 Å². The summed E-state index contributed by atoms with van der Waals surface area (Å²) in [5.41, 5.74) is 2.03. The van der Waals surface area contributed by atoms with Crippen molar-refractivity contribution in [3.63, 3.8) is 0 Å². The average Bonchev–Trinajstić information content (AvgIpc) is 3.09. The Balaban J connectivity index is 2.49. The molecule has 0 fully saturated rings. The Bertz CT molecular complexity index is 1050. The first kappa shape index (κ1) is 23.3. The zero-order chi connectivity index (χ0) is 22.8. The van der Waals surface area contributed by atoms with E-state index in [-0.39, 0.29) is 29.8 Å². The van der Waals surface area contributed by atoms with E-state index in [1.54, 1.807) is 12.1 Å². The highest BCUT2D eigenvalue weighted by atomic mass is 16.1. The smallest absolute Gasteiger partial charge is 0.252 e. The van der Waals surface area contributed by atoms with Crippen LogP contribution in [0.4, 0.5) is 23.0 Å². The van der Waals surface area contributed by atoms with Gasteiger partial charge in [0.25, 0.3) is 5.95 Å². The minimum absolute atomic E-state index is 0.0227. The first-order valence-electron chi connectivity index (χ1n) is 10.1. The Morgan fingerprint density at radius 3 is 2.52 bits per heavy atom. The molecule has 0 saturated carbocycles. The predicted octanol–water partition coefficient (Wildman–Crippen LogP) is 4.81. The number of hydrogen-bond donors (Lipinski definition) is 1. The number of amides is 1. The number of allylic oxidation sites excluding steroid dienone is 1. The Labute approximate surface area is 182 Å². The Morgan fingerprint density at radius 2 is 1.97 bits per heavy atom. The van der Waals surface area contributed by atoms with Gasteiger partial charge in [-0.15, -0.1) is 16.8 Å². The van der Waals surface area contributed by atoms with Gasteiger partial charge in [-0.25, -0.2) is 0 Å². The molecule has 0 bridgehead atoms. The summed E-state index contributed by atoms with van der Waals surface area (Å²) in [4.78, 5) is 18.1. The fourth-order valence-electron chi connectivity index (χ4n) is 3.12. The molecule has 1 N–H and O–H groups in total. The third kappa shape index (κ3) is 5.77. The molecule has 1 aromatic heterocycles. The van der Waals surface area contributed by atoms with Crippen molar-refractivity contribution in [2.24, 2.45) is 10.2 Å². The van der Waals surface area contributed by atoms with Crippen LogP contribution in [-0.4, -0.2) is 28.5 Å². The molecule has 0 unspecified atom stereocenters. The summed E-state index contributed by atoms with van der Waals surface area (Å²) in [6.45, 7) is 11.4. The summed E-state index contributed by atoms with van der Waals surface area (Å²) >= 11 is 0. The molecule has 0 atom stereocenters. The van der Waals surface area contributed by atoms with Crippen LogP contribution in [0.5, 0.6) is 0 Å². The molecule has 0 aliphatic carbocycles. The largest absolute Gasteiger partial charge is 0.371 e. The SMILES string of the molecule is C=CCn1c(N=Nc2ccc(N(CCC)CCC)cc2NC(C)=O)nc(C#N)c1C#N. The van der Waals surface area contributed by atoms with Crippen molar-refractivity contribution in [2.45, 2.75) is 40.2 Å². The van der Waals surface area contributed by atoms with E-state index in [0.717, 1.165) is 31.6 Å². The van der Waals surface area contributed by atoms with Gasteiger partial charge in [0.15, 0.2) is 11.4 Å². The van der Waals surface area contributed by atoms with E-state index in [1.165, 1.54) is 11.5 Å². The number of benzene rings is 1. The van der Waals surface area contributed by atoms with Crippen LogP contribution in [0.25, 0.3) is 0 Å². The van der Waals surface area contributed by atoms with Crippen molar-refractivity contribution in [1.82, 2.24) is 9.55 Å². The van der Waals surface area contributed by atoms with Crippen molar-refractivity contribution < 1.29 is 4.79 Å². The van der Waals surface area contributed by atoms with Crippen molar-refractivity contribution in [3.05, 3.63) is 42.2 Å². The van der Waals surface area contributed by atoms with Crippen molar-refractivity contribution in [3.8, 4) is 12.1 Å². The molecular formula is C22H26N8O. The topological polar surface area (TPSA) is 122 Å². The molecule has 0 aliphatic heterocycles. The zero-order valence-corrected chi connectivity index (χ0v) is 18.1. The second-order valence-electron chi connectivity index (χ2n) is 6.80. The van der Waals surface area contributed by atoms with Gasteiger partial charge in [0.05, 0.1) is 5.69 Å². The molecule has 0 saturated heterocycles. The fourth-order valence-corrected chi connectivity index (χ4v) is 3.12. The van der Waals surface area contributed by atoms with Crippen LogP contribution in [0.1, 0.15) is 45.0 Å². The van der Waals surface area contributed by atoms with Gasteiger partial charge in [0.1, 0.15) is 17.8 Å². The maximum atomic E-state index is 11.7. The van der Waals surface area contributed by atoms with Gasteiger partial charge in [-0.3, -0.25) is 9.36 Å². The number of imidazole rings is 1. The highest BCUT2D eigenvalue weighted by Crippen LogP contribution is 2.32.